The van der Waals surface area contributed by atoms with Gasteiger partial charge >= 0.3 is 5.97 Å². The highest BCUT2D eigenvalue weighted by Gasteiger charge is 2.40. The molecule has 0 N–H and O–H groups in total. The zero-order chi connectivity index (χ0) is 15.8. The zero-order valence-corrected chi connectivity index (χ0v) is 13.0. The first-order valence-electron chi connectivity index (χ1n) is 6.79. The van der Waals surface area contributed by atoms with Crippen LogP contribution in [0.25, 0.3) is 0 Å². The molecule has 0 aliphatic heterocycles. The standard InChI is InChI=1S/C16H20O5/c1-16(2,3)21-15(18)11-7-9-6-10(19-4)8-12(20-5)13(9)14(11)17/h6,8,11H,7H2,1-5H3. The van der Waals surface area contributed by atoms with Crippen molar-refractivity contribution in [1.82, 2.24) is 0 Å². The molecule has 0 heterocycles. The van der Waals surface area contributed by atoms with Crippen LogP contribution in [-0.2, 0) is 16.0 Å². The molecule has 1 aliphatic carbocycles. The number of ether oxygens (including phenoxy) is 3. The van der Waals surface area contributed by atoms with Crippen molar-refractivity contribution in [3.8, 4) is 11.5 Å². The maximum absolute atomic E-state index is 12.5. The van der Waals surface area contributed by atoms with Gasteiger partial charge in [0.15, 0.2) is 5.78 Å². The summed E-state index contributed by atoms with van der Waals surface area (Å²) in [7, 11) is 3.03. The fourth-order valence-corrected chi connectivity index (χ4v) is 2.41. The van der Waals surface area contributed by atoms with Gasteiger partial charge in [-0.25, -0.2) is 0 Å². The molecule has 21 heavy (non-hydrogen) atoms. The number of rotatable bonds is 3. The highest BCUT2D eigenvalue weighted by atomic mass is 16.6. The second kappa shape index (κ2) is 5.39. The van der Waals surface area contributed by atoms with E-state index >= 15 is 0 Å². The molecule has 1 aromatic carbocycles. The number of hydrogen-bond acceptors (Lipinski definition) is 5. The fraction of sp³-hybridized carbons (Fsp3) is 0.500. The monoisotopic (exact) mass is 292 g/mol. The van der Waals surface area contributed by atoms with E-state index in [1.165, 1.54) is 7.11 Å². The molecule has 5 heteroatoms. The minimum Gasteiger partial charge on any atom is -0.497 e. The number of methoxy groups -OCH3 is 2. The summed E-state index contributed by atoms with van der Waals surface area (Å²) in [6, 6.07) is 3.41. The molecular weight excluding hydrogens is 272 g/mol. The molecule has 0 saturated carbocycles. The van der Waals surface area contributed by atoms with Crippen LogP contribution in [0, 0.1) is 5.92 Å². The second-order valence-corrected chi connectivity index (χ2v) is 6.02. The quantitative estimate of drug-likeness (QED) is 0.632. The van der Waals surface area contributed by atoms with Crippen LogP contribution < -0.4 is 9.47 Å². The molecule has 1 atom stereocenters. The minimum atomic E-state index is -0.805. The van der Waals surface area contributed by atoms with Crippen molar-refractivity contribution < 1.29 is 23.8 Å². The molecule has 0 saturated heterocycles. The summed E-state index contributed by atoms with van der Waals surface area (Å²) in [6.45, 7) is 5.34. The Morgan fingerprint density at radius 3 is 2.38 bits per heavy atom. The van der Waals surface area contributed by atoms with Crippen LogP contribution in [0.5, 0.6) is 11.5 Å². The Balaban J connectivity index is 2.34. The molecule has 1 aliphatic rings. The SMILES string of the molecule is COc1cc2c(c(OC)c1)C(=O)C(C(=O)OC(C)(C)C)C2. The normalized spacial score (nSPS) is 17.4. The summed E-state index contributed by atoms with van der Waals surface area (Å²) >= 11 is 0. The van der Waals surface area contributed by atoms with Gasteiger partial charge in [-0.15, -0.1) is 0 Å². The van der Waals surface area contributed by atoms with E-state index in [0.717, 1.165) is 5.56 Å². The number of Topliss-reactive ketones (excluding diaryl/α,β-unsaturated/α-hetero) is 1. The third-order valence-electron chi connectivity index (χ3n) is 3.29. The van der Waals surface area contributed by atoms with Crippen LogP contribution >= 0.6 is 0 Å². The first-order valence-corrected chi connectivity index (χ1v) is 6.79. The van der Waals surface area contributed by atoms with Gasteiger partial charge in [-0.05, 0) is 38.8 Å². The van der Waals surface area contributed by atoms with E-state index < -0.39 is 17.5 Å². The number of ketones is 1. The Morgan fingerprint density at radius 2 is 1.86 bits per heavy atom. The molecule has 0 bridgehead atoms. The van der Waals surface area contributed by atoms with E-state index in [4.69, 9.17) is 14.2 Å². The van der Waals surface area contributed by atoms with Gasteiger partial charge in [-0.1, -0.05) is 0 Å². The van der Waals surface area contributed by atoms with E-state index in [2.05, 4.69) is 0 Å². The van der Waals surface area contributed by atoms with Gasteiger partial charge in [-0.3, -0.25) is 9.59 Å². The lowest BCUT2D eigenvalue weighted by atomic mass is 10.0. The molecular formula is C16H20O5. The highest BCUT2D eigenvalue weighted by Crippen LogP contribution is 2.38. The molecule has 0 amide bonds. The van der Waals surface area contributed by atoms with Crippen molar-refractivity contribution in [3.05, 3.63) is 23.3 Å². The lowest BCUT2D eigenvalue weighted by Gasteiger charge is -2.21. The molecule has 5 nitrogen and oxygen atoms in total. The van der Waals surface area contributed by atoms with Crippen LogP contribution in [-0.4, -0.2) is 31.6 Å². The summed E-state index contributed by atoms with van der Waals surface area (Å²) in [5, 5.41) is 0. The molecule has 0 spiro atoms. The molecule has 2 rings (SSSR count). The predicted octanol–water partition coefficient (Wildman–Crippen LogP) is 2.40. The number of carbonyl (C=O) groups excluding carboxylic acids is 2. The van der Waals surface area contributed by atoms with E-state index in [1.54, 1.807) is 40.0 Å². The molecule has 1 unspecified atom stereocenters. The van der Waals surface area contributed by atoms with Crippen LogP contribution in [0.1, 0.15) is 36.7 Å². The average molecular weight is 292 g/mol. The third kappa shape index (κ3) is 3.01. The average Bonchev–Trinajstić information content (AvgIpc) is 2.73. The number of esters is 1. The number of carbonyl (C=O) groups is 2. The third-order valence-corrected chi connectivity index (χ3v) is 3.29. The van der Waals surface area contributed by atoms with Crippen LogP contribution in [0.15, 0.2) is 12.1 Å². The summed E-state index contributed by atoms with van der Waals surface area (Å²) in [6.07, 6.45) is 0.316. The van der Waals surface area contributed by atoms with Gasteiger partial charge in [0.1, 0.15) is 23.0 Å². The fourth-order valence-electron chi connectivity index (χ4n) is 2.41. The van der Waals surface area contributed by atoms with Crippen LogP contribution in [0.3, 0.4) is 0 Å². The Hall–Kier alpha value is -2.04. The van der Waals surface area contributed by atoms with E-state index in [-0.39, 0.29) is 5.78 Å². The van der Waals surface area contributed by atoms with Gasteiger partial charge < -0.3 is 14.2 Å². The Bertz CT molecular complexity index is 583. The summed E-state index contributed by atoms with van der Waals surface area (Å²) in [4.78, 5) is 24.7. The van der Waals surface area contributed by atoms with Gasteiger partial charge in [0, 0.05) is 6.07 Å². The Morgan fingerprint density at radius 1 is 1.19 bits per heavy atom. The summed E-state index contributed by atoms with van der Waals surface area (Å²) < 4.78 is 15.8. The smallest absolute Gasteiger partial charge is 0.317 e. The van der Waals surface area contributed by atoms with Crippen molar-refractivity contribution in [2.45, 2.75) is 32.8 Å². The van der Waals surface area contributed by atoms with Gasteiger partial charge in [-0.2, -0.15) is 0 Å². The van der Waals surface area contributed by atoms with Crippen LogP contribution in [0.2, 0.25) is 0 Å². The van der Waals surface area contributed by atoms with E-state index in [0.29, 0.717) is 23.5 Å². The molecule has 1 aromatic rings. The number of fused-ring (bicyclic) bond motifs is 1. The first kappa shape index (κ1) is 15.4. The maximum Gasteiger partial charge on any atom is 0.317 e. The molecule has 114 valence electrons. The maximum atomic E-state index is 12.5. The topological polar surface area (TPSA) is 61.8 Å². The van der Waals surface area contributed by atoms with E-state index in [9.17, 15) is 9.59 Å². The molecule has 0 fully saturated rings. The second-order valence-electron chi connectivity index (χ2n) is 6.02. The van der Waals surface area contributed by atoms with Crippen molar-refractivity contribution in [2.24, 2.45) is 5.92 Å². The summed E-state index contributed by atoms with van der Waals surface area (Å²) in [5.41, 5.74) is 0.592. The van der Waals surface area contributed by atoms with Gasteiger partial charge in [0.25, 0.3) is 0 Å². The Kier molecular flexibility index (Phi) is 3.94. The molecule has 0 radical (unpaired) electrons. The largest absolute Gasteiger partial charge is 0.497 e. The Labute approximate surface area is 124 Å². The number of benzene rings is 1. The van der Waals surface area contributed by atoms with Crippen molar-refractivity contribution in [3.63, 3.8) is 0 Å². The summed E-state index contributed by atoms with van der Waals surface area (Å²) in [5.74, 6) is -0.521. The predicted molar refractivity (Wildman–Crippen MR) is 76.9 cm³/mol. The zero-order valence-electron chi connectivity index (χ0n) is 13.0. The van der Waals surface area contributed by atoms with Gasteiger partial charge in [0.2, 0.25) is 0 Å². The lowest BCUT2D eigenvalue weighted by Crippen LogP contribution is -2.31. The van der Waals surface area contributed by atoms with Crippen molar-refractivity contribution in [2.75, 3.05) is 14.2 Å². The van der Waals surface area contributed by atoms with Crippen LogP contribution in [0.4, 0.5) is 0 Å². The van der Waals surface area contributed by atoms with E-state index in [1.807, 2.05) is 0 Å². The number of hydrogen-bond donors (Lipinski definition) is 0. The minimum absolute atomic E-state index is 0.251. The first-order chi connectivity index (χ1) is 9.76. The highest BCUT2D eigenvalue weighted by molar-refractivity contribution is 6.14. The van der Waals surface area contributed by atoms with Crippen molar-refractivity contribution in [1.29, 1.82) is 0 Å². The van der Waals surface area contributed by atoms with Gasteiger partial charge in [0.05, 0.1) is 19.8 Å². The lowest BCUT2D eigenvalue weighted by molar-refractivity contribution is -0.157. The van der Waals surface area contributed by atoms with Crippen molar-refractivity contribution >= 4 is 11.8 Å². The molecule has 0 aromatic heterocycles.